The lowest BCUT2D eigenvalue weighted by Gasteiger charge is -2.06. The van der Waals surface area contributed by atoms with Gasteiger partial charge in [0.05, 0.1) is 12.6 Å². The molecule has 0 aliphatic carbocycles. The topological polar surface area (TPSA) is 83.5 Å². The molecule has 0 saturated heterocycles. The molecule has 1 unspecified atom stereocenters. The molecule has 5 heteroatoms. The van der Waals surface area contributed by atoms with Gasteiger partial charge in [0, 0.05) is 0 Å². The van der Waals surface area contributed by atoms with Crippen LogP contribution in [0.15, 0.2) is 11.4 Å². The first-order chi connectivity index (χ1) is 5.66. The van der Waals surface area contributed by atoms with Crippen LogP contribution in [0.5, 0.6) is 0 Å². The van der Waals surface area contributed by atoms with Crippen molar-refractivity contribution in [2.75, 3.05) is 6.61 Å². The molecule has 0 saturated carbocycles. The highest BCUT2D eigenvalue weighted by atomic mass is 32.1. The highest BCUT2D eigenvalue weighted by Crippen LogP contribution is 2.21. The second-order valence-electron chi connectivity index (χ2n) is 2.30. The van der Waals surface area contributed by atoms with E-state index in [0.717, 1.165) is 11.3 Å². The summed E-state index contributed by atoms with van der Waals surface area (Å²) in [4.78, 5) is 10.8. The molecule has 1 aromatic heterocycles. The predicted molar refractivity (Wildman–Crippen MR) is 45.3 cm³/mol. The molecule has 1 rings (SSSR count). The van der Waals surface area contributed by atoms with Gasteiger partial charge in [-0.2, -0.15) is 0 Å². The molecule has 1 heterocycles. The summed E-state index contributed by atoms with van der Waals surface area (Å²) in [6, 6.07) is 1.02. The Hall–Kier alpha value is -0.910. The zero-order valence-electron chi connectivity index (χ0n) is 6.23. The Kier molecular flexibility index (Phi) is 2.80. The van der Waals surface area contributed by atoms with Crippen LogP contribution in [0.2, 0.25) is 0 Å². The van der Waals surface area contributed by atoms with Crippen LogP contribution < -0.4 is 5.73 Å². The molecule has 4 nitrogen and oxygen atoms in total. The van der Waals surface area contributed by atoms with Gasteiger partial charge in [-0.05, 0) is 17.0 Å². The Balaban J connectivity index is 2.98. The van der Waals surface area contributed by atoms with Crippen LogP contribution in [0.4, 0.5) is 0 Å². The fourth-order valence-corrected chi connectivity index (χ4v) is 1.69. The van der Waals surface area contributed by atoms with E-state index in [1.165, 1.54) is 0 Å². The lowest BCUT2D eigenvalue weighted by molar-refractivity contribution is 0.0700. The maximum absolute atomic E-state index is 10.6. The summed E-state index contributed by atoms with van der Waals surface area (Å²) in [5, 5.41) is 19.0. The third kappa shape index (κ3) is 1.63. The summed E-state index contributed by atoms with van der Waals surface area (Å²) in [5.74, 6) is -0.996. The molecule has 0 fully saturated rings. The molecule has 0 amide bonds. The third-order valence-corrected chi connectivity index (χ3v) is 2.40. The van der Waals surface area contributed by atoms with Crippen molar-refractivity contribution in [2.45, 2.75) is 6.04 Å². The predicted octanol–water partition coefficient (Wildman–Crippen LogP) is 0.438. The quantitative estimate of drug-likeness (QED) is 0.641. The summed E-state index contributed by atoms with van der Waals surface area (Å²) in [6.45, 7) is -0.239. The molecular weight excluding hydrogens is 178 g/mol. The molecule has 0 aliphatic rings. The minimum atomic E-state index is -0.996. The van der Waals surface area contributed by atoms with Crippen LogP contribution in [-0.2, 0) is 0 Å². The number of carboxylic acids is 1. The SMILES string of the molecule is NC(CO)c1ccsc1C(=O)O. The maximum atomic E-state index is 10.6. The molecule has 1 aromatic rings. The van der Waals surface area contributed by atoms with Crippen molar-refractivity contribution in [3.05, 3.63) is 21.9 Å². The molecule has 0 aromatic carbocycles. The molecule has 0 spiro atoms. The van der Waals surface area contributed by atoms with Crippen molar-refractivity contribution in [1.29, 1.82) is 0 Å². The van der Waals surface area contributed by atoms with Gasteiger partial charge in [0.1, 0.15) is 4.88 Å². The number of hydrogen-bond donors (Lipinski definition) is 3. The summed E-state index contributed by atoms with van der Waals surface area (Å²) >= 11 is 1.11. The van der Waals surface area contributed by atoms with E-state index in [1.54, 1.807) is 11.4 Å². The van der Waals surface area contributed by atoms with E-state index >= 15 is 0 Å². The van der Waals surface area contributed by atoms with Crippen molar-refractivity contribution in [3.8, 4) is 0 Å². The average Bonchev–Trinajstić information content (AvgIpc) is 2.50. The second-order valence-corrected chi connectivity index (χ2v) is 3.22. The summed E-state index contributed by atoms with van der Waals surface area (Å²) in [6.07, 6.45) is 0. The van der Waals surface area contributed by atoms with Crippen LogP contribution in [0, 0.1) is 0 Å². The highest BCUT2D eigenvalue weighted by molar-refractivity contribution is 7.12. The Morgan fingerprint density at radius 3 is 2.92 bits per heavy atom. The number of carbonyl (C=O) groups is 1. The van der Waals surface area contributed by atoms with E-state index in [2.05, 4.69) is 0 Å². The lowest BCUT2D eigenvalue weighted by atomic mass is 10.1. The van der Waals surface area contributed by atoms with E-state index < -0.39 is 12.0 Å². The maximum Gasteiger partial charge on any atom is 0.346 e. The average molecular weight is 187 g/mol. The van der Waals surface area contributed by atoms with E-state index in [4.69, 9.17) is 15.9 Å². The summed E-state index contributed by atoms with van der Waals surface area (Å²) in [5.41, 5.74) is 5.97. The first-order valence-electron chi connectivity index (χ1n) is 3.34. The Bertz CT molecular complexity index is 284. The first kappa shape index (κ1) is 9.18. The van der Waals surface area contributed by atoms with Crippen LogP contribution in [0.1, 0.15) is 21.3 Å². The van der Waals surface area contributed by atoms with Crippen molar-refractivity contribution in [3.63, 3.8) is 0 Å². The van der Waals surface area contributed by atoms with E-state index in [0.29, 0.717) is 5.56 Å². The number of aliphatic hydroxyl groups is 1. The summed E-state index contributed by atoms with van der Waals surface area (Å²) < 4.78 is 0. The van der Waals surface area contributed by atoms with Crippen LogP contribution in [0.3, 0.4) is 0 Å². The molecular formula is C7H9NO3S. The van der Waals surface area contributed by atoms with E-state index in [1.807, 2.05) is 0 Å². The minimum absolute atomic E-state index is 0.205. The van der Waals surface area contributed by atoms with Gasteiger partial charge in [0.2, 0.25) is 0 Å². The van der Waals surface area contributed by atoms with E-state index in [-0.39, 0.29) is 11.5 Å². The van der Waals surface area contributed by atoms with Gasteiger partial charge in [-0.15, -0.1) is 11.3 Å². The number of aromatic carboxylic acids is 1. The molecule has 66 valence electrons. The number of nitrogens with two attached hydrogens (primary N) is 1. The molecule has 4 N–H and O–H groups in total. The molecule has 1 atom stereocenters. The van der Waals surface area contributed by atoms with Gasteiger partial charge in [0.25, 0.3) is 0 Å². The summed E-state index contributed by atoms with van der Waals surface area (Å²) in [7, 11) is 0. The van der Waals surface area contributed by atoms with Crippen molar-refractivity contribution >= 4 is 17.3 Å². The van der Waals surface area contributed by atoms with Gasteiger partial charge >= 0.3 is 5.97 Å². The van der Waals surface area contributed by atoms with Crippen LogP contribution >= 0.6 is 11.3 Å². The fourth-order valence-electron chi connectivity index (χ4n) is 0.883. The Morgan fingerprint density at radius 2 is 2.42 bits per heavy atom. The number of hydrogen-bond acceptors (Lipinski definition) is 4. The lowest BCUT2D eigenvalue weighted by Crippen LogP contribution is -2.16. The minimum Gasteiger partial charge on any atom is -0.477 e. The van der Waals surface area contributed by atoms with Gasteiger partial charge in [-0.25, -0.2) is 4.79 Å². The number of aliphatic hydroxyl groups excluding tert-OH is 1. The van der Waals surface area contributed by atoms with Crippen molar-refractivity contribution in [2.24, 2.45) is 5.73 Å². The zero-order chi connectivity index (χ0) is 9.14. The molecule has 0 bridgehead atoms. The van der Waals surface area contributed by atoms with Gasteiger partial charge in [0.15, 0.2) is 0 Å². The van der Waals surface area contributed by atoms with Gasteiger partial charge in [-0.3, -0.25) is 0 Å². The molecule has 12 heavy (non-hydrogen) atoms. The van der Waals surface area contributed by atoms with E-state index in [9.17, 15) is 4.79 Å². The Labute approximate surface area is 73.3 Å². The van der Waals surface area contributed by atoms with Gasteiger partial charge < -0.3 is 15.9 Å². The number of rotatable bonds is 3. The fraction of sp³-hybridized carbons (Fsp3) is 0.286. The monoisotopic (exact) mass is 187 g/mol. The van der Waals surface area contributed by atoms with Crippen molar-refractivity contribution in [1.82, 2.24) is 0 Å². The first-order valence-corrected chi connectivity index (χ1v) is 4.22. The Morgan fingerprint density at radius 1 is 1.75 bits per heavy atom. The third-order valence-electron chi connectivity index (χ3n) is 1.49. The number of thiophene rings is 1. The van der Waals surface area contributed by atoms with Gasteiger partial charge in [-0.1, -0.05) is 0 Å². The molecule has 0 radical (unpaired) electrons. The number of carboxylic acid groups (broad SMARTS) is 1. The standard InChI is InChI=1S/C7H9NO3S/c8-5(3-9)4-1-2-12-6(4)7(10)11/h1-2,5,9H,3,8H2,(H,10,11). The zero-order valence-corrected chi connectivity index (χ0v) is 7.04. The normalized spacial score (nSPS) is 12.8. The second kappa shape index (κ2) is 3.66. The van der Waals surface area contributed by atoms with Crippen LogP contribution in [0.25, 0.3) is 0 Å². The van der Waals surface area contributed by atoms with Crippen LogP contribution in [-0.4, -0.2) is 22.8 Å². The molecule has 0 aliphatic heterocycles. The smallest absolute Gasteiger partial charge is 0.346 e. The van der Waals surface area contributed by atoms with Crippen molar-refractivity contribution < 1.29 is 15.0 Å². The largest absolute Gasteiger partial charge is 0.477 e. The highest BCUT2D eigenvalue weighted by Gasteiger charge is 2.16.